The highest BCUT2D eigenvalue weighted by molar-refractivity contribution is 9.10. The Labute approximate surface area is 224 Å². The zero-order chi connectivity index (χ0) is 26.4. The minimum atomic E-state index is -0.659. The number of carbonyl (C=O) groups is 3. The average Bonchev–Trinajstić information content (AvgIpc) is 3.36. The summed E-state index contributed by atoms with van der Waals surface area (Å²) in [6.07, 6.45) is 2.83. The molecular formula is C29H29BrN4O3. The van der Waals surface area contributed by atoms with Gasteiger partial charge in [0, 0.05) is 33.9 Å². The molecule has 2 heterocycles. The van der Waals surface area contributed by atoms with Crippen molar-refractivity contribution in [1.82, 2.24) is 9.88 Å². The molecule has 190 valence electrons. The van der Waals surface area contributed by atoms with Crippen LogP contribution in [0.3, 0.4) is 0 Å². The first-order chi connectivity index (χ1) is 17.6. The van der Waals surface area contributed by atoms with Crippen LogP contribution in [0.25, 0.3) is 0 Å². The second-order valence-corrected chi connectivity index (χ2v) is 11.7. The highest BCUT2D eigenvalue weighted by Gasteiger charge is 2.51. The number of nitrogens with zero attached hydrogens (tertiary/aromatic N) is 2. The van der Waals surface area contributed by atoms with E-state index in [-0.39, 0.29) is 24.3 Å². The van der Waals surface area contributed by atoms with Gasteiger partial charge in [-0.05, 0) is 53.8 Å². The Bertz CT molecular complexity index is 1410. The molecule has 37 heavy (non-hydrogen) atoms. The van der Waals surface area contributed by atoms with Gasteiger partial charge in [0.15, 0.2) is 0 Å². The van der Waals surface area contributed by atoms with Gasteiger partial charge in [0.25, 0.3) is 0 Å². The van der Waals surface area contributed by atoms with Gasteiger partial charge >= 0.3 is 0 Å². The topological polar surface area (TPSA) is 91.4 Å². The summed E-state index contributed by atoms with van der Waals surface area (Å²) in [7, 11) is 0. The number of nitrogens with one attached hydrogen (secondary N) is 2. The molecule has 2 aliphatic rings. The fourth-order valence-electron chi connectivity index (χ4n) is 5.22. The number of hydrogen-bond donors (Lipinski definition) is 2. The molecular weight excluding hydrogens is 532 g/mol. The van der Waals surface area contributed by atoms with Gasteiger partial charge in [-0.1, -0.05) is 67.0 Å². The summed E-state index contributed by atoms with van der Waals surface area (Å²) < 4.78 is 0.891. The number of anilines is 2. The standard InChI is InChI=1S/C29H29BrN4O3/c1-28(2,3)27(37)34(16-19-7-4-5-9-23(19)30)17-24(35)32-21-11-10-18-14-29(15-20(18)13-21)22-8-6-12-31-25(22)33-26(29)36/h4-13H,14-17H2,1-3H3,(H,32,35)(H,31,33,36). The van der Waals surface area contributed by atoms with Crippen LogP contribution in [0.4, 0.5) is 11.5 Å². The normalized spacial score (nSPS) is 17.8. The molecule has 0 saturated carbocycles. The third-order valence-electron chi connectivity index (χ3n) is 7.05. The van der Waals surface area contributed by atoms with E-state index >= 15 is 0 Å². The van der Waals surface area contributed by atoms with Crippen molar-refractivity contribution in [3.63, 3.8) is 0 Å². The lowest BCUT2D eigenvalue weighted by molar-refractivity contribution is -0.142. The first-order valence-electron chi connectivity index (χ1n) is 12.3. The average molecular weight is 561 g/mol. The van der Waals surface area contributed by atoms with Gasteiger partial charge < -0.3 is 15.5 Å². The lowest BCUT2D eigenvalue weighted by atomic mass is 9.79. The Morgan fingerprint density at radius 2 is 1.84 bits per heavy atom. The van der Waals surface area contributed by atoms with E-state index in [4.69, 9.17) is 0 Å². The van der Waals surface area contributed by atoms with E-state index in [2.05, 4.69) is 31.5 Å². The van der Waals surface area contributed by atoms with Crippen molar-refractivity contribution in [2.75, 3.05) is 17.2 Å². The Morgan fingerprint density at radius 3 is 2.59 bits per heavy atom. The van der Waals surface area contributed by atoms with Gasteiger partial charge in [-0.25, -0.2) is 4.98 Å². The predicted molar refractivity (Wildman–Crippen MR) is 146 cm³/mol. The number of carbonyl (C=O) groups excluding carboxylic acids is 3. The van der Waals surface area contributed by atoms with Gasteiger partial charge in [0.2, 0.25) is 17.7 Å². The molecule has 8 heteroatoms. The number of rotatable bonds is 5. The molecule has 1 spiro atoms. The molecule has 3 amide bonds. The number of benzene rings is 2. The van der Waals surface area contributed by atoms with Crippen LogP contribution < -0.4 is 10.6 Å². The molecule has 2 aromatic carbocycles. The Hall–Kier alpha value is -3.52. The third-order valence-corrected chi connectivity index (χ3v) is 7.82. The van der Waals surface area contributed by atoms with E-state index in [1.54, 1.807) is 11.1 Å². The van der Waals surface area contributed by atoms with E-state index < -0.39 is 10.8 Å². The SMILES string of the molecule is CC(C)(C)C(=O)N(CC(=O)Nc1ccc2c(c1)CC1(C2)C(=O)Nc2ncccc21)Cc1ccccc1Br. The lowest BCUT2D eigenvalue weighted by Crippen LogP contribution is -2.43. The van der Waals surface area contributed by atoms with Crippen LogP contribution in [0.1, 0.15) is 43.0 Å². The lowest BCUT2D eigenvalue weighted by Gasteiger charge is -2.29. The maximum Gasteiger partial charge on any atom is 0.244 e. The quantitative estimate of drug-likeness (QED) is 0.466. The molecule has 1 aliphatic carbocycles. The molecule has 1 aromatic heterocycles. The van der Waals surface area contributed by atoms with Crippen molar-refractivity contribution in [3.8, 4) is 0 Å². The minimum absolute atomic E-state index is 0.0357. The molecule has 0 radical (unpaired) electrons. The number of aromatic nitrogens is 1. The van der Waals surface area contributed by atoms with Crippen LogP contribution in [0.15, 0.2) is 65.3 Å². The Balaban J connectivity index is 1.32. The van der Waals surface area contributed by atoms with Crippen LogP contribution in [0.5, 0.6) is 0 Å². The van der Waals surface area contributed by atoms with E-state index in [9.17, 15) is 14.4 Å². The van der Waals surface area contributed by atoms with Crippen molar-refractivity contribution in [1.29, 1.82) is 0 Å². The minimum Gasteiger partial charge on any atom is -0.329 e. The van der Waals surface area contributed by atoms with Crippen molar-refractivity contribution < 1.29 is 14.4 Å². The summed E-state index contributed by atoms with van der Waals surface area (Å²) >= 11 is 3.54. The number of hydrogen-bond acceptors (Lipinski definition) is 4. The summed E-state index contributed by atoms with van der Waals surface area (Å²) in [6, 6.07) is 17.3. The highest BCUT2D eigenvalue weighted by atomic mass is 79.9. The molecule has 1 atom stereocenters. The summed E-state index contributed by atoms with van der Waals surface area (Å²) in [5, 5.41) is 5.88. The highest BCUT2D eigenvalue weighted by Crippen LogP contribution is 2.46. The molecule has 1 unspecified atom stereocenters. The van der Waals surface area contributed by atoms with Crippen LogP contribution in [-0.4, -0.2) is 34.2 Å². The predicted octanol–water partition coefficient (Wildman–Crippen LogP) is 4.85. The fraction of sp³-hybridized carbons (Fsp3) is 0.310. The van der Waals surface area contributed by atoms with Gasteiger partial charge in [-0.3, -0.25) is 14.4 Å². The molecule has 0 bridgehead atoms. The Kier molecular flexibility index (Phi) is 6.40. The van der Waals surface area contributed by atoms with E-state index in [0.717, 1.165) is 26.7 Å². The number of pyridine rings is 1. The van der Waals surface area contributed by atoms with Crippen LogP contribution >= 0.6 is 15.9 Å². The van der Waals surface area contributed by atoms with Crippen molar-refractivity contribution in [3.05, 3.63) is 87.5 Å². The van der Waals surface area contributed by atoms with Crippen molar-refractivity contribution >= 4 is 45.2 Å². The summed E-state index contributed by atoms with van der Waals surface area (Å²) in [5.41, 5.74) is 3.33. The Morgan fingerprint density at radius 1 is 1.08 bits per heavy atom. The number of halogens is 1. The second-order valence-electron chi connectivity index (χ2n) is 10.8. The summed E-state index contributed by atoms with van der Waals surface area (Å²) in [4.78, 5) is 45.2. The van der Waals surface area contributed by atoms with Gasteiger partial charge in [-0.2, -0.15) is 0 Å². The smallest absolute Gasteiger partial charge is 0.244 e. The molecule has 2 N–H and O–H groups in total. The maximum atomic E-state index is 13.2. The van der Waals surface area contributed by atoms with E-state index in [1.165, 1.54) is 0 Å². The van der Waals surface area contributed by atoms with Crippen molar-refractivity contribution in [2.24, 2.45) is 5.41 Å². The van der Waals surface area contributed by atoms with Crippen LogP contribution in [0.2, 0.25) is 0 Å². The van der Waals surface area contributed by atoms with Crippen LogP contribution in [0, 0.1) is 5.41 Å². The molecule has 0 fully saturated rings. The zero-order valence-corrected chi connectivity index (χ0v) is 22.7. The molecule has 1 aliphatic heterocycles. The molecule has 3 aromatic rings. The first-order valence-corrected chi connectivity index (χ1v) is 13.1. The fourth-order valence-corrected chi connectivity index (χ4v) is 5.64. The maximum absolute atomic E-state index is 13.2. The molecule has 5 rings (SSSR count). The first kappa shape index (κ1) is 25.1. The number of amides is 3. The van der Waals surface area contributed by atoms with E-state index in [1.807, 2.05) is 75.4 Å². The summed E-state index contributed by atoms with van der Waals surface area (Å²) in [5.74, 6) is 0.216. The number of fused-ring (bicyclic) bond motifs is 3. The molecule has 7 nitrogen and oxygen atoms in total. The van der Waals surface area contributed by atoms with Gasteiger partial charge in [-0.15, -0.1) is 0 Å². The largest absolute Gasteiger partial charge is 0.329 e. The molecule has 0 saturated heterocycles. The zero-order valence-electron chi connectivity index (χ0n) is 21.1. The van der Waals surface area contributed by atoms with Crippen molar-refractivity contribution in [2.45, 2.75) is 45.6 Å². The third kappa shape index (κ3) is 4.78. The van der Waals surface area contributed by atoms with Gasteiger partial charge in [0.05, 0.1) is 5.41 Å². The monoisotopic (exact) mass is 560 g/mol. The second kappa shape index (κ2) is 9.41. The summed E-state index contributed by atoms with van der Waals surface area (Å²) in [6.45, 7) is 5.80. The van der Waals surface area contributed by atoms with E-state index in [0.29, 0.717) is 30.9 Å². The van der Waals surface area contributed by atoms with Gasteiger partial charge in [0.1, 0.15) is 12.4 Å². The van der Waals surface area contributed by atoms with Crippen LogP contribution in [-0.2, 0) is 39.2 Å².